The summed E-state index contributed by atoms with van der Waals surface area (Å²) in [5.41, 5.74) is 1.99. The van der Waals surface area contributed by atoms with E-state index in [2.05, 4.69) is 10.4 Å². The van der Waals surface area contributed by atoms with Crippen LogP contribution >= 0.6 is 0 Å². The lowest BCUT2D eigenvalue weighted by atomic mass is 10.2. The molecule has 0 fully saturated rings. The summed E-state index contributed by atoms with van der Waals surface area (Å²) in [6.45, 7) is 2.04. The van der Waals surface area contributed by atoms with Crippen molar-refractivity contribution >= 4 is 5.69 Å². The normalized spacial score (nSPS) is 12.4. The Labute approximate surface area is 93.9 Å². The Morgan fingerprint density at radius 3 is 2.50 bits per heavy atom. The fourth-order valence-corrected chi connectivity index (χ4v) is 1.68. The van der Waals surface area contributed by atoms with Crippen molar-refractivity contribution in [2.45, 2.75) is 13.0 Å². The van der Waals surface area contributed by atoms with E-state index in [4.69, 9.17) is 0 Å². The van der Waals surface area contributed by atoms with E-state index < -0.39 is 0 Å². The maximum atomic E-state index is 12.7. The molecule has 1 aromatic heterocycles. The summed E-state index contributed by atoms with van der Waals surface area (Å²) in [6, 6.07) is 8.43. The molecule has 1 atom stereocenters. The molecule has 2 rings (SSSR count). The summed E-state index contributed by atoms with van der Waals surface area (Å²) in [5.74, 6) is -0.223. The van der Waals surface area contributed by atoms with Crippen molar-refractivity contribution in [1.82, 2.24) is 9.78 Å². The highest BCUT2D eigenvalue weighted by Gasteiger charge is 2.08. The third-order valence-electron chi connectivity index (χ3n) is 2.53. The molecule has 0 bridgehead atoms. The van der Waals surface area contributed by atoms with Crippen LogP contribution in [0.5, 0.6) is 0 Å². The van der Waals surface area contributed by atoms with Crippen LogP contribution in [0.3, 0.4) is 0 Å². The second kappa shape index (κ2) is 4.35. The molecule has 0 radical (unpaired) electrons. The van der Waals surface area contributed by atoms with Gasteiger partial charge >= 0.3 is 0 Å². The minimum atomic E-state index is -0.223. The lowest BCUT2D eigenvalue weighted by Crippen LogP contribution is -2.11. The summed E-state index contributed by atoms with van der Waals surface area (Å²) >= 11 is 0. The molecule has 1 unspecified atom stereocenters. The van der Waals surface area contributed by atoms with Gasteiger partial charge in [-0.05, 0) is 37.3 Å². The largest absolute Gasteiger partial charge is 0.377 e. The number of halogens is 1. The van der Waals surface area contributed by atoms with Gasteiger partial charge in [-0.1, -0.05) is 0 Å². The predicted octanol–water partition coefficient (Wildman–Crippen LogP) is 2.73. The number of rotatable bonds is 3. The van der Waals surface area contributed by atoms with Crippen LogP contribution in [0, 0.1) is 5.82 Å². The number of nitrogens with zero attached hydrogens (tertiary/aromatic N) is 2. The highest BCUT2D eigenvalue weighted by atomic mass is 19.1. The van der Waals surface area contributed by atoms with Gasteiger partial charge in [0.25, 0.3) is 0 Å². The molecule has 1 aromatic carbocycles. The third kappa shape index (κ3) is 2.21. The van der Waals surface area contributed by atoms with Crippen LogP contribution in [0.2, 0.25) is 0 Å². The maximum absolute atomic E-state index is 12.7. The van der Waals surface area contributed by atoms with Crippen molar-refractivity contribution in [2.24, 2.45) is 7.05 Å². The van der Waals surface area contributed by atoms with Gasteiger partial charge in [-0.25, -0.2) is 4.39 Å². The monoisotopic (exact) mass is 219 g/mol. The molecule has 4 heteroatoms. The maximum Gasteiger partial charge on any atom is 0.123 e. The van der Waals surface area contributed by atoms with Crippen LogP contribution in [0.4, 0.5) is 10.1 Å². The third-order valence-corrected chi connectivity index (χ3v) is 2.53. The number of nitrogens with one attached hydrogen (secondary N) is 1. The standard InChI is InChI=1S/C12H14FN3/c1-9(12-7-8-14-16(12)2)15-11-5-3-10(13)4-6-11/h3-9,15H,1-2H3. The number of aromatic nitrogens is 2. The van der Waals surface area contributed by atoms with E-state index >= 15 is 0 Å². The van der Waals surface area contributed by atoms with E-state index in [1.54, 1.807) is 18.3 Å². The highest BCUT2D eigenvalue weighted by molar-refractivity contribution is 5.44. The first-order valence-electron chi connectivity index (χ1n) is 5.17. The molecule has 1 heterocycles. The molecule has 0 saturated carbocycles. The number of aryl methyl sites for hydroxylation is 1. The zero-order chi connectivity index (χ0) is 11.5. The van der Waals surface area contributed by atoms with E-state index in [-0.39, 0.29) is 11.9 Å². The average molecular weight is 219 g/mol. The van der Waals surface area contributed by atoms with Crippen molar-refractivity contribution in [3.05, 3.63) is 48.0 Å². The van der Waals surface area contributed by atoms with Crippen molar-refractivity contribution < 1.29 is 4.39 Å². The Morgan fingerprint density at radius 1 is 1.25 bits per heavy atom. The second-order valence-corrected chi connectivity index (χ2v) is 3.75. The Bertz CT molecular complexity index is 461. The predicted molar refractivity (Wildman–Crippen MR) is 61.6 cm³/mol. The van der Waals surface area contributed by atoms with Gasteiger partial charge in [0, 0.05) is 18.9 Å². The molecular weight excluding hydrogens is 205 g/mol. The average Bonchev–Trinajstić information content (AvgIpc) is 2.68. The van der Waals surface area contributed by atoms with E-state index in [1.165, 1.54) is 12.1 Å². The molecule has 16 heavy (non-hydrogen) atoms. The van der Waals surface area contributed by atoms with Crippen LogP contribution in [-0.2, 0) is 7.05 Å². The topological polar surface area (TPSA) is 29.9 Å². The first-order valence-corrected chi connectivity index (χ1v) is 5.17. The molecule has 0 spiro atoms. The molecule has 0 saturated heterocycles. The molecule has 84 valence electrons. The molecular formula is C12H14FN3. The lowest BCUT2D eigenvalue weighted by Gasteiger charge is -2.15. The Balaban J connectivity index is 2.10. The highest BCUT2D eigenvalue weighted by Crippen LogP contribution is 2.18. The van der Waals surface area contributed by atoms with Crippen LogP contribution in [0.15, 0.2) is 36.5 Å². The van der Waals surface area contributed by atoms with Gasteiger partial charge in [0.1, 0.15) is 5.82 Å². The van der Waals surface area contributed by atoms with Crippen LogP contribution in [0.25, 0.3) is 0 Å². The molecule has 0 aliphatic rings. The smallest absolute Gasteiger partial charge is 0.123 e. The Hall–Kier alpha value is -1.84. The molecule has 0 amide bonds. The first-order chi connectivity index (χ1) is 7.66. The van der Waals surface area contributed by atoms with Crippen molar-refractivity contribution in [3.63, 3.8) is 0 Å². The van der Waals surface area contributed by atoms with E-state index in [1.807, 2.05) is 24.7 Å². The van der Waals surface area contributed by atoms with E-state index in [0.29, 0.717) is 0 Å². The summed E-state index contributed by atoms with van der Waals surface area (Å²) in [6.07, 6.45) is 1.76. The quantitative estimate of drug-likeness (QED) is 0.860. The van der Waals surface area contributed by atoms with Crippen molar-refractivity contribution in [1.29, 1.82) is 0 Å². The second-order valence-electron chi connectivity index (χ2n) is 3.75. The molecule has 3 nitrogen and oxygen atoms in total. The fourth-order valence-electron chi connectivity index (χ4n) is 1.68. The van der Waals surface area contributed by atoms with Gasteiger partial charge in [-0.2, -0.15) is 5.10 Å². The van der Waals surface area contributed by atoms with E-state index in [0.717, 1.165) is 11.4 Å². The fraction of sp³-hybridized carbons (Fsp3) is 0.250. The van der Waals surface area contributed by atoms with E-state index in [9.17, 15) is 4.39 Å². The van der Waals surface area contributed by atoms with Gasteiger partial charge in [0.05, 0.1) is 11.7 Å². The molecule has 0 aliphatic carbocycles. The SMILES string of the molecule is CC(Nc1ccc(F)cc1)c1ccnn1C. The lowest BCUT2D eigenvalue weighted by molar-refractivity contribution is 0.627. The van der Waals surface area contributed by atoms with Gasteiger partial charge in [0.15, 0.2) is 0 Å². The van der Waals surface area contributed by atoms with Gasteiger partial charge in [-0.3, -0.25) is 4.68 Å². The minimum Gasteiger partial charge on any atom is -0.377 e. The minimum absolute atomic E-state index is 0.137. The van der Waals surface area contributed by atoms with Gasteiger partial charge in [-0.15, -0.1) is 0 Å². The summed E-state index contributed by atoms with van der Waals surface area (Å²) in [4.78, 5) is 0. The zero-order valence-corrected chi connectivity index (χ0v) is 9.31. The number of hydrogen-bond acceptors (Lipinski definition) is 2. The Kier molecular flexibility index (Phi) is 2.90. The van der Waals surface area contributed by atoms with Crippen molar-refractivity contribution in [3.8, 4) is 0 Å². The number of hydrogen-bond donors (Lipinski definition) is 1. The van der Waals surface area contributed by atoms with Crippen LogP contribution in [-0.4, -0.2) is 9.78 Å². The van der Waals surface area contributed by atoms with Gasteiger partial charge in [0.2, 0.25) is 0 Å². The van der Waals surface area contributed by atoms with Crippen LogP contribution in [0.1, 0.15) is 18.7 Å². The number of anilines is 1. The summed E-state index contributed by atoms with van der Waals surface area (Å²) in [5, 5.41) is 7.39. The zero-order valence-electron chi connectivity index (χ0n) is 9.31. The van der Waals surface area contributed by atoms with Gasteiger partial charge < -0.3 is 5.32 Å². The van der Waals surface area contributed by atoms with Crippen LogP contribution < -0.4 is 5.32 Å². The molecule has 2 aromatic rings. The summed E-state index contributed by atoms with van der Waals surface area (Å²) < 4.78 is 14.5. The number of benzene rings is 1. The summed E-state index contributed by atoms with van der Waals surface area (Å²) in [7, 11) is 1.90. The first kappa shape index (κ1) is 10.7. The Morgan fingerprint density at radius 2 is 1.94 bits per heavy atom. The van der Waals surface area contributed by atoms with Crippen molar-refractivity contribution in [2.75, 3.05) is 5.32 Å². The molecule has 1 N–H and O–H groups in total. The molecule has 0 aliphatic heterocycles.